The molecule has 3 heteroatoms. The second-order valence-corrected chi connectivity index (χ2v) is 5.96. The molecule has 0 spiro atoms. The zero-order valence-corrected chi connectivity index (χ0v) is 10.7. The van der Waals surface area contributed by atoms with Gasteiger partial charge >= 0.3 is 5.97 Å². The maximum atomic E-state index is 11.5. The molecule has 0 amide bonds. The lowest BCUT2D eigenvalue weighted by atomic mass is 9.74. The highest BCUT2D eigenvalue weighted by Crippen LogP contribution is 2.39. The summed E-state index contributed by atoms with van der Waals surface area (Å²) in [6.07, 6.45) is 6.01. The molecule has 2 fully saturated rings. The third kappa shape index (κ3) is 2.24. The lowest BCUT2D eigenvalue weighted by Crippen LogP contribution is -2.58. The minimum absolute atomic E-state index is 0.0453. The Balaban J connectivity index is 1.88. The van der Waals surface area contributed by atoms with Crippen molar-refractivity contribution >= 4 is 5.97 Å². The summed E-state index contributed by atoms with van der Waals surface area (Å²) in [4.78, 5) is 13.9. The fraction of sp³-hybridized carbons (Fsp3) is 0.923. The number of carbonyl (C=O) groups is 1. The molecule has 1 saturated heterocycles. The fourth-order valence-corrected chi connectivity index (χ4v) is 2.95. The van der Waals surface area contributed by atoms with Crippen LogP contribution in [0.15, 0.2) is 0 Å². The Kier molecular flexibility index (Phi) is 3.24. The Morgan fingerprint density at radius 2 is 1.88 bits per heavy atom. The van der Waals surface area contributed by atoms with E-state index in [4.69, 9.17) is 4.74 Å². The van der Waals surface area contributed by atoms with Crippen LogP contribution in [0.25, 0.3) is 0 Å². The van der Waals surface area contributed by atoms with Crippen molar-refractivity contribution in [3.05, 3.63) is 0 Å². The van der Waals surface area contributed by atoms with Gasteiger partial charge in [0.25, 0.3) is 0 Å². The Morgan fingerprint density at radius 1 is 1.25 bits per heavy atom. The first kappa shape index (κ1) is 11.9. The molecule has 1 saturated carbocycles. The number of hydrogen-bond donors (Lipinski definition) is 0. The average molecular weight is 225 g/mol. The number of nitrogens with zero attached hydrogens (tertiary/aromatic N) is 1. The SMILES string of the molecule is COC(=O)C1CCN1C1CCC(C)(C)CC1. The van der Waals surface area contributed by atoms with E-state index >= 15 is 0 Å². The van der Waals surface area contributed by atoms with Crippen LogP contribution in [0.1, 0.15) is 46.0 Å². The van der Waals surface area contributed by atoms with Crippen molar-refractivity contribution in [2.45, 2.75) is 58.0 Å². The molecule has 2 rings (SSSR count). The van der Waals surface area contributed by atoms with Crippen LogP contribution in [-0.2, 0) is 9.53 Å². The van der Waals surface area contributed by atoms with Crippen LogP contribution in [-0.4, -0.2) is 36.6 Å². The van der Waals surface area contributed by atoms with Crippen molar-refractivity contribution in [3.63, 3.8) is 0 Å². The molecule has 0 bridgehead atoms. The minimum Gasteiger partial charge on any atom is -0.468 e. The largest absolute Gasteiger partial charge is 0.468 e. The molecule has 0 aromatic heterocycles. The minimum atomic E-state index is -0.0453. The molecule has 0 aromatic rings. The van der Waals surface area contributed by atoms with Crippen LogP contribution in [0, 0.1) is 5.41 Å². The molecule has 2 aliphatic rings. The molecule has 92 valence electrons. The molecule has 0 aromatic carbocycles. The van der Waals surface area contributed by atoms with E-state index in [0.717, 1.165) is 13.0 Å². The smallest absolute Gasteiger partial charge is 0.323 e. The van der Waals surface area contributed by atoms with Gasteiger partial charge in [-0.3, -0.25) is 9.69 Å². The molecule has 0 N–H and O–H groups in total. The normalized spacial score (nSPS) is 30.8. The van der Waals surface area contributed by atoms with Crippen LogP contribution < -0.4 is 0 Å². The van der Waals surface area contributed by atoms with Gasteiger partial charge in [0.2, 0.25) is 0 Å². The Bertz CT molecular complexity index is 265. The van der Waals surface area contributed by atoms with Crippen molar-refractivity contribution < 1.29 is 9.53 Å². The first-order valence-electron chi connectivity index (χ1n) is 6.37. The molecule has 1 aliphatic carbocycles. The van der Waals surface area contributed by atoms with E-state index in [1.54, 1.807) is 0 Å². The number of esters is 1. The summed E-state index contributed by atoms with van der Waals surface area (Å²) in [5.74, 6) is -0.0453. The van der Waals surface area contributed by atoms with Gasteiger partial charge in [0.05, 0.1) is 7.11 Å². The Labute approximate surface area is 98.1 Å². The predicted octanol–water partition coefficient (Wildman–Crippen LogP) is 2.20. The maximum Gasteiger partial charge on any atom is 0.323 e. The van der Waals surface area contributed by atoms with Crippen LogP contribution in [0.2, 0.25) is 0 Å². The summed E-state index contributed by atoms with van der Waals surface area (Å²) < 4.78 is 4.84. The zero-order valence-electron chi connectivity index (χ0n) is 10.7. The van der Waals surface area contributed by atoms with E-state index in [2.05, 4.69) is 18.7 Å². The second-order valence-electron chi connectivity index (χ2n) is 5.96. The highest BCUT2D eigenvalue weighted by Gasteiger charge is 2.41. The van der Waals surface area contributed by atoms with Crippen LogP contribution in [0.3, 0.4) is 0 Å². The molecule has 0 radical (unpaired) electrons. The van der Waals surface area contributed by atoms with Crippen molar-refractivity contribution in [1.29, 1.82) is 0 Å². The lowest BCUT2D eigenvalue weighted by molar-refractivity contribution is -0.154. The lowest BCUT2D eigenvalue weighted by Gasteiger charge is -2.48. The summed E-state index contributed by atoms with van der Waals surface area (Å²) in [7, 11) is 1.49. The molecule has 16 heavy (non-hydrogen) atoms. The first-order chi connectivity index (χ1) is 7.53. The Morgan fingerprint density at radius 3 is 2.31 bits per heavy atom. The number of carbonyl (C=O) groups excluding carboxylic acids is 1. The number of likely N-dealkylation sites (tertiary alicyclic amines) is 1. The van der Waals surface area contributed by atoms with Gasteiger partial charge in [0.1, 0.15) is 6.04 Å². The van der Waals surface area contributed by atoms with Gasteiger partial charge in [-0.2, -0.15) is 0 Å². The van der Waals surface area contributed by atoms with E-state index < -0.39 is 0 Å². The van der Waals surface area contributed by atoms with Crippen LogP contribution >= 0.6 is 0 Å². The molecule has 1 atom stereocenters. The van der Waals surface area contributed by atoms with E-state index in [9.17, 15) is 4.79 Å². The maximum absolute atomic E-state index is 11.5. The highest BCUT2D eigenvalue weighted by molar-refractivity contribution is 5.76. The molecule has 1 aliphatic heterocycles. The monoisotopic (exact) mass is 225 g/mol. The van der Waals surface area contributed by atoms with E-state index in [0.29, 0.717) is 11.5 Å². The number of rotatable bonds is 2. The van der Waals surface area contributed by atoms with E-state index in [1.165, 1.54) is 32.8 Å². The topological polar surface area (TPSA) is 29.5 Å². The summed E-state index contributed by atoms with van der Waals surface area (Å²) in [5.41, 5.74) is 0.502. The van der Waals surface area contributed by atoms with Gasteiger partial charge in [-0.1, -0.05) is 13.8 Å². The predicted molar refractivity (Wildman–Crippen MR) is 63.2 cm³/mol. The van der Waals surface area contributed by atoms with Crippen molar-refractivity contribution in [3.8, 4) is 0 Å². The van der Waals surface area contributed by atoms with Gasteiger partial charge in [0, 0.05) is 12.6 Å². The van der Waals surface area contributed by atoms with E-state index in [-0.39, 0.29) is 12.0 Å². The van der Waals surface area contributed by atoms with Gasteiger partial charge in [0.15, 0.2) is 0 Å². The summed E-state index contributed by atoms with van der Waals surface area (Å²) >= 11 is 0. The average Bonchev–Trinajstić information content (AvgIpc) is 2.19. The first-order valence-corrected chi connectivity index (χ1v) is 6.37. The molecular weight excluding hydrogens is 202 g/mol. The van der Waals surface area contributed by atoms with Gasteiger partial charge in [-0.25, -0.2) is 0 Å². The van der Waals surface area contributed by atoms with Crippen LogP contribution in [0.5, 0.6) is 0 Å². The van der Waals surface area contributed by atoms with Crippen molar-refractivity contribution in [2.24, 2.45) is 5.41 Å². The molecule has 3 nitrogen and oxygen atoms in total. The van der Waals surface area contributed by atoms with E-state index in [1.807, 2.05) is 0 Å². The summed E-state index contributed by atoms with van der Waals surface area (Å²) in [6.45, 7) is 5.76. The van der Waals surface area contributed by atoms with Crippen molar-refractivity contribution in [1.82, 2.24) is 4.90 Å². The third-order valence-electron chi connectivity index (χ3n) is 4.31. The Hall–Kier alpha value is -0.570. The summed E-state index contributed by atoms with van der Waals surface area (Å²) in [6, 6.07) is 0.669. The number of methoxy groups -OCH3 is 1. The zero-order chi connectivity index (χ0) is 11.8. The standard InChI is InChI=1S/C13H23NO2/c1-13(2)7-4-10(5-8-13)14-9-6-11(14)12(15)16-3/h10-11H,4-9H2,1-3H3. The summed E-state index contributed by atoms with van der Waals surface area (Å²) in [5, 5.41) is 0. The fourth-order valence-electron chi connectivity index (χ4n) is 2.95. The molecule has 1 unspecified atom stereocenters. The number of ether oxygens (including phenoxy) is 1. The second kappa shape index (κ2) is 4.36. The van der Waals surface area contributed by atoms with Crippen LogP contribution in [0.4, 0.5) is 0 Å². The van der Waals surface area contributed by atoms with Crippen molar-refractivity contribution in [2.75, 3.05) is 13.7 Å². The third-order valence-corrected chi connectivity index (χ3v) is 4.31. The quantitative estimate of drug-likeness (QED) is 0.675. The van der Waals surface area contributed by atoms with Gasteiger partial charge in [-0.05, 0) is 37.5 Å². The number of hydrogen-bond acceptors (Lipinski definition) is 3. The van der Waals surface area contributed by atoms with Gasteiger partial charge in [-0.15, -0.1) is 0 Å². The molecule has 1 heterocycles. The molecular formula is C13H23NO2. The highest BCUT2D eigenvalue weighted by atomic mass is 16.5. The van der Waals surface area contributed by atoms with Gasteiger partial charge < -0.3 is 4.74 Å².